The number of nitrogens with zero attached hydrogens (tertiary/aromatic N) is 2. The molecule has 190 valence electrons. The fourth-order valence-electron chi connectivity index (χ4n) is 4.24. The lowest BCUT2D eigenvalue weighted by Crippen LogP contribution is -2.41. The number of benzene rings is 2. The summed E-state index contributed by atoms with van der Waals surface area (Å²) < 4.78 is 19.8. The third-order valence-corrected chi connectivity index (χ3v) is 7.03. The number of nitrogens with one attached hydrogen (secondary N) is 1. The van der Waals surface area contributed by atoms with Crippen LogP contribution in [-0.4, -0.2) is 22.7 Å². The first-order valence-corrected chi connectivity index (χ1v) is 12.1. The lowest BCUT2D eigenvalue weighted by molar-refractivity contribution is -0.133. The minimum absolute atomic E-state index is 0.0454. The van der Waals surface area contributed by atoms with Crippen molar-refractivity contribution in [2.75, 3.05) is 10.2 Å². The smallest absolute Gasteiger partial charge is 0.247 e. The molecule has 2 aromatic carbocycles. The largest absolute Gasteiger partial charge is 0.457 e. The van der Waals surface area contributed by atoms with Crippen LogP contribution in [-0.2, 0) is 14.4 Å². The molecule has 0 spiro atoms. The van der Waals surface area contributed by atoms with Crippen molar-refractivity contribution in [3.05, 3.63) is 71.7 Å². The van der Waals surface area contributed by atoms with Gasteiger partial charge in [-0.15, -0.1) is 0 Å². The van der Waals surface area contributed by atoms with Crippen LogP contribution in [0.2, 0.25) is 0 Å². The maximum atomic E-state index is 13.7. The molecule has 5 rings (SSSR count). The molecule has 1 aromatic heterocycles. The molecule has 2 fully saturated rings. The lowest BCUT2D eigenvalue weighted by Gasteiger charge is -2.29. The molecule has 0 radical (unpaired) electrons. The zero-order valence-electron chi connectivity index (χ0n) is 20.6. The summed E-state index contributed by atoms with van der Waals surface area (Å²) in [6.45, 7) is 3.71. The van der Waals surface area contributed by atoms with E-state index < -0.39 is 23.0 Å². The molecule has 9 heteroatoms. The maximum absolute atomic E-state index is 13.7. The van der Waals surface area contributed by atoms with Crippen molar-refractivity contribution in [1.82, 2.24) is 4.98 Å². The Balaban J connectivity index is 1.46. The van der Waals surface area contributed by atoms with Gasteiger partial charge in [0.05, 0.1) is 5.69 Å². The van der Waals surface area contributed by atoms with Gasteiger partial charge in [0.1, 0.15) is 28.5 Å². The number of amides is 3. The van der Waals surface area contributed by atoms with E-state index in [1.54, 1.807) is 30.5 Å². The highest BCUT2D eigenvalue weighted by atomic mass is 19.1. The summed E-state index contributed by atoms with van der Waals surface area (Å²) in [6.07, 6.45) is 4.09. The van der Waals surface area contributed by atoms with Crippen LogP contribution in [0.4, 0.5) is 21.6 Å². The van der Waals surface area contributed by atoms with Gasteiger partial charge >= 0.3 is 0 Å². The molecule has 1 heterocycles. The molecule has 3 aromatic rings. The fourth-order valence-corrected chi connectivity index (χ4v) is 4.24. The van der Waals surface area contributed by atoms with Crippen LogP contribution in [0, 0.1) is 31.0 Å². The molecule has 3 amide bonds. The summed E-state index contributed by atoms with van der Waals surface area (Å²) in [7, 11) is 0. The molecule has 3 N–H and O–H groups in total. The van der Waals surface area contributed by atoms with E-state index in [2.05, 4.69) is 10.3 Å². The van der Waals surface area contributed by atoms with E-state index in [4.69, 9.17) is 10.5 Å². The average Bonchev–Trinajstić information content (AvgIpc) is 3.78. The van der Waals surface area contributed by atoms with Crippen LogP contribution in [0.3, 0.4) is 0 Å². The van der Waals surface area contributed by atoms with Crippen LogP contribution < -0.4 is 20.7 Å². The molecule has 2 aliphatic carbocycles. The molecule has 0 saturated heterocycles. The van der Waals surface area contributed by atoms with E-state index in [-0.39, 0.29) is 11.8 Å². The van der Waals surface area contributed by atoms with E-state index in [1.807, 2.05) is 13.8 Å². The lowest BCUT2D eigenvalue weighted by atomic mass is 10.0. The van der Waals surface area contributed by atoms with Gasteiger partial charge in [-0.25, -0.2) is 9.37 Å². The number of anilines is 3. The highest BCUT2D eigenvalue weighted by Crippen LogP contribution is 2.49. The first kappa shape index (κ1) is 24.4. The number of pyridine rings is 1. The number of halogens is 1. The normalized spacial score (nSPS) is 15.5. The number of ether oxygens (including phenoxy) is 1. The first-order chi connectivity index (χ1) is 17.7. The number of aromatic nitrogens is 1. The average molecular weight is 503 g/mol. The molecule has 0 bridgehead atoms. The Morgan fingerprint density at radius 3 is 2.38 bits per heavy atom. The molecular formula is C28H27FN4O4. The van der Waals surface area contributed by atoms with Crippen molar-refractivity contribution in [3.8, 4) is 11.5 Å². The third kappa shape index (κ3) is 4.76. The van der Waals surface area contributed by atoms with E-state index in [0.29, 0.717) is 41.5 Å². The van der Waals surface area contributed by atoms with Gasteiger partial charge in [-0.1, -0.05) is 0 Å². The highest BCUT2D eigenvalue weighted by Gasteiger charge is 2.57. The minimum atomic E-state index is -1.26. The fraction of sp³-hybridized carbons (Fsp3) is 0.286. The Hall–Kier alpha value is -4.27. The van der Waals surface area contributed by atoms with Gasteiger partial charge in [0.15, 0.2) is 0 Å². The topological polar surface area (TPSA) is 115 Å². The van der Waals surface area contributed by atoms with Gasteiger partial charge in [-0.2, -0.15) is 0 Å². The van der Waals surface area contributed by atoms with E-state index in [9.17, 15) is 18.8 Å². The quantitative estimate of drug-likeness (QED) is 0.425. The van der Waals surface area contributed by atoms with Gasteiger partial charge in [-0.05, 0) is 93.1 Å². The SMILES string of the molecule is Cc1c(Oc2ccnc(NC(=O)C3CC3)c2)ccc(N(C(=O)C2(C(N)=O)CC2)c2ccc(F)cc2)c1C. The Morgan fingerprint density at radius 2 is 1.76 bits per heavy atom. The van der Waals surface area contributed by atoms with Crippen molar-refractivity contribution in [3.63, 3.8) is 0 Å². The van der Waals surface area contributed by atoms with Crippen molar-refractivity contribution in [2.24, 2.45) is 17.1 Å². The Morgan fingerprint density at radius 1 is 1.05 bits per heavy atom. The van der Waals surface area contributed by atoms with Crippen molar-refractivity contribution >= 4 is 34.9 Å². The molecule has 0 unspecified atom stereocenters. The van der Waals surface area contributed by atoms with Crippen molar-refractivity contribution < 1.29 is 23.5 Å². The summed E-state index contributed by atoms with van der Waals surface area (Å²) in [6, 6.07) is 12.3. The third-order valence-electron chi connectivity index (χ3n) is 7.03. The second kappa shape index (κ2) is 9.31. The number of rotatable bonds is 8. The predicted octanol–water partition coefficient (Wildman–Crippen LogP) is 4.91. The highest BCUT2D eigenvalue weighted by molar-refractivity contribution is 6.16. The van der Waals surface area contributed by atoms with Crippen molar-refractivity contribution in [2.45, 2.75) is 39.5 Å². The molecule has 37 heavy (non-hydrogen) atoms. The van der Waals surface area contributed by atoms with Gasteiger partial charge in [0.25, 0.3) is 0 Å². The van der Waals surface area contributed by atoms with Crippen LogP contribution in [0.25, 0.3) is 0 Å². The van der Waals surface area contributed by atoms with Gasteiger partial charge in [-0.3, -0.25) is 19.3 Å². The molecular weight excluding hydrogens is 475 g/mol. The van der Waals surface area contributed by atoms with Gasteiger partial charge in [0, 0.05) is 23.9 Å². The molecule has 2 aliphatic rings. The van der Waals surface area contributed by atoms with E-state index in [0.717, 1.165) is 24.0 Å². The zero-order valence-corrected chi connectivity index (χ0v) is 20.6. The van der Waals surface area contributed by atoms with E-state index in [1.165, 1.54) is 29.2 Å². The second-order valence-electron chi connectivity index (χ2n) is 9.64. The standard InChI is InChI=1S/C28H27FN4O4/c1-16-17(2)23(37-21-11-14-31-24(15-21)32-25(34)18-3-4-18)10-9-22(16)33(20-7-5-19(29)6-8-20)27(36)28(12-13-28)26(30)35/h5-11,14-15,18H,3-4,12-13H2,1-2H3,(H2,30,35)(H,31,32,34). The first-order valence-electron chi connectivity index (χ1n) is 12.1. The predicted molar refractivity (Wildman–Crippen MR) is 136 cm³/mol. The summed E-state index contributed by atoms with van der Waals surface area (Å²) >= 11 is 0. The van der Waals surface area contributed by atoms with E-state index >= 15 is 0 Å². The monoisotopic (exact) mass is 502 g/mol. The Kier molecular flexibility index (Phi) is 6.15. The molecule has 8 nitrogen and oxygen atoms in total. The zero-order chi connectivity index (χ0) is 26.3. The number of hydrogen-bond acceptors (Lipinski definition) is 5. The van der Waals surface area contributed by atoms with Gasteiger partial charge < -0.3 is 15.8 Å². The summed E-state index contributed by atoms with van der Waals surface area (Å²) in [4.78, 5) is 43.5. The molecule has 0 aliphatic heterocycles. The van der Waals surface area contributed by atoms with Crippen LogP contribution in [0.15, 0.2) is 54.7 Å². The number of carbonyl (C=O) groups is 3. The summed E-state index contributed by atoms with van der Waals surface area (Å²) in [5, 5.41) is 2.81. The number of nitrogens with two attached hydrogens (primary N) is 1. The van der Waals surface area contributed by atoms with Crippen molar-refractivity contribution in [1.29, 1.82) is 0 Å². The van der Waals surface area contributed by atoms with Crippen LogP contribution in [0.1, 0.15) is 36.8 Å². The van der Waals surface area contributed by atoms with Crippen LogP contribution >= 0.6 is 0 Å². The summed E-state index contributed by atoms with van der Waals surface area (Å²) in [5.41, 5.74) is 6.81. The Labute approximate surface area is 213 Å². The summed E-state index contributed by atoms with van der Waals surface area (Å²) in [5.74, 6) is -0.0727. The van der Waals surface area contributed by atoms with Crippen LogP contribution in [0.5, 0.6) is 11.5 Å². The minimum Gasteiger partial charge on any atom is -0.457 e. The number of hydrogen-bond donors (Lipinski definition) is 2. The molecule has 0 atom stereocenters. The van der Waals surface area contributed by atoms with Gasteiger partial charge in [0.2, 0.25) is 17.7 Å². The Bertz CT molecular complexity index is 1400. The number of primary amides is 1. The number of carbonyl (C=O) groups excluding carboxylic acids is 3. The second-order valence-corrected chi connectivity index (χ2v) is 9.64. The molecule has 2 saturated carbocycles. The maximum Gasteiger partial charge on any atom is 0.247 e.